The molecule has 0 saturated heterocycles. The summed E-state index contributed by atoms with van der Waals surface area (Å²) in [6.45, 7) is 0.707. The van der Waals surface area contributed by atoms with Crippen molar-refractivity contribution in [3.8, 4) is 0 Å². The number of anilines is 1. The Morgan fingerprint density at radius 1 is 1.62 bits per heavy atom. The predicted molar refractivity (Wildman–Crippen MR) is 63.4 cm³/mol. The number of H-pyrrole nitrogens is 1. The molecular formula is C11H18N4O. The van der Waals surface area contributed by atoms with Crippen LogP contribution in [0.3, 0.4) is 0 Å². The third-order valence-electron chi connectivity index (χ3n) is 3.44. The molecule has 1 aromatic heterocycles. The summed E-state index contributed by atoms with van der Waals surface area (Å²) >= 11 is 0. The van der Waals surface area contributed by atoms with Gasteiger partial charge in [0.05, 0.1) is 6.33 Å². The molecule has 1 aromatic rings. The number of nitrogens with zero attached hydrogens (tertiary/aromatic N) is 2. The first-order valence-corrected chi connectivity index (χ1v) is 5.70. The zero-order chi connectivity index (χ0) is 11.5. The van der Waals surface area contributed by atoms with Crippen LogP contribution in [0.5, 0.6) is 0 Å². The van der Waals surface area contributed by atoms with Crippen molar-refractivity contribution >= 4 is 5.82 Å². The Morgan fingerprint density at radius 2 is 2.44 bits per heavy atom. The molecule has 2 unspecified atom stereocenters. The van der Waals surface area contributed by atoms with Gasteiger partial charge in [0.15, 0.2) is 0 Å². The predicted octanol–water partition coefficient (Wildman–Crippen LogP) is 0.333. The van der Waals surface area contributed by atoms with Gasteiger partial charge in [0, 0.05) is 19.2 Å². The first-order chi connectivity index (χ1) is 7.72. The molecule has 0 radical (unpaired) electrons. The highest BCUT2D eigenvalue weighted by Crippen LogP contribution is 2.30. The highest BCUT2D eigenvalue weighted by atomic mass is 16.1. The second-order valence-electron chi connectivity index (χ2n) is 4.37. The zero-order valence-electron chi connectivity index (χ0n) is 9.52. The van der Waals surface area contributed by atoms with E-state index in [0.29, 0.717) is 18.5 Å². The van der Waals surface area contributed by atoms with Crippen molar-refractivity contribution < 1.29 is 0 Å². The zero-order valence-corrected chi connectivity index (χ0v) is 9.52. The van der Waals surface area contributed by atoms with Crippen molar-refractivity contribution in [1.29, 1.82) is 0 Å². The lowest BCUT2D eigenvalue weighted by Gasteiger charge is -2.29. The number of aromatic amines is 1. The van der Waals surface area contributed by atoms with Crippen LogP contribution in [0.2, 0.25) is 0 Å². The molecule has 1 saturated carbocycles. The molecule has 88 valence electrons. The maximum absolute atomic E-state index is 11.2. The van der Waals surface area contributed by atoms with Gasteiger partial charge in [-0.1, -0.05) is 6.42 Å². The van der Waals surface area contributed by atoms with Crippen LogP contribution in [0.4, 0.5) is 5.82 Å². The van der Waals surface area contributed by atoms with Gasteiger partial charge >= 0.3 is 0 Å². The first-order valence-electron chi connectivity index (χ1n) is 5.70. The van der Waals surface area contributed by atoms with E-state index in [1.165, 1.54) is 25.2 Å². The standard InChI is InChI=1S/C11H18N4O/c1-15(9-4-2-3-8(9)6-12)10-5-11(16)14-7-13-10/h5,7-9H,2-4,6,12H2,1H3,(H,13,14,16). The van der Waals surface area contributed by atoms with E-state index in [1.54, 1.807) is 0 Å². The van der Waals surface area contributed by atoms with Crippen molar-refractivity contribution in [1.82, 2.24) is 9.97 Å². The van der Waals surface area contributed by atoms with Crippen molar-refractivity contribution in [3.05, 3.63) is 22.7 Å². The maximum atomic E-state index is 11.2. The van der Waals surface area contributed by atoms with Crippen LogP contribution in [-0.4, -0.2) is 29.6 Å². The Balaban J connectivity index is 2.18. The fraction of sp³-hybridized carbons (Fsp3) is 0.636. The van der Waals surface area contributed by atoms with Crippen molar-refractivity contribution in [3.63, 3.8) is 0 Å². The molecule has 0 bridgehead atoms. The highest BCUT2D eigenvalue weighted by Gasteiger charge is 2.29. The summed E-state index contributed by atoms with van der Waals surface area (Å²) in [6, 6.07) is 1.95. The quantitative estimate of drug-likeness (QED) is 0.773. The molecule has 5 nitrogen and oxygen atoms in total. The number of nitrogens with one attached hydrogen (secondary N) is 1. The largest absolute Gasteiger partial charge is 0.356 e. The average Bonchev–Trinajstić information content (AvgIpc) is 2.76. The fourth-order valence-electron chi connectivity index (χ4n) is 2.52. The summed E-state index contributed by atoms with van der Waals surface area (Å²) in [5.41, 5.74) is 5.64. The normalized spacial score (nSPS) is 24.6. The summed E-state index contributed by atoms with van der Waals surface area (Å²) in [5, 5.41) is 0. The molecule has 1 aliphatic carbocycles. The van der Waals surface area contributed by atoms with Crippen molar-refractivity contribution in [2.45, 2.75) is 25.3 Å². The summed E-state index contributed by atoms with van der Waals surface area (Å²) < 4.78 is 0. The van der Waals surface area contributed by atoms with Crippen LogP contribution >= 0.6 is 0 Å². The first kappa shape index (κ1) is 11.1. The number of hydrogen-bond acceptors (Lipinski definition) is 4. The lowest BCUT2D eigenvalue weighted by molar-refractivity contribution is 0.472. The van der Waals surface area contributed by atoms with E-state index in [9.17, 15) is 4.79 Å². The Kier molecular flexibility index (Phi) is 3.24. The minimum atomic E-state index is -0.112. The SMILES string of the molecule is CN(c1cc(=O)[nH]cn1)C1CCCC1CN. The number of hydrogen-bond donors (Lipinski definition) is 2. The molecular weight excluding hydrogens is 204 g/mol. The monoisotopic (exact) mass is 222 g/mol. The number of nitrogens with two attached hydrogens (primary N) is 1. The number of rotatable bonds is 3. The van der Waals surface area contributed by atoms with Crippen molar-refractivity contribution in [2.75, 3.05) is 18.5 Å². The van der Waals surface area contributed by atoms with E-state index in [4.69, 9.17) is 5.73 Å². The topological polar surface area (TPSA) is 75.0 Å². The van der Waals surface area contributed by atoms with E-state index in [0.717, 1.165) is 12.2 Å². The summed E-state index contributed by atoms with van der Waals surface area (Å²) in [4.78, 5) is 20.0. The highest BCUT2D eigenvalue weighted by molar-refractivity contribution is 5.37. The molecule has 1 heterocycles. The molecule has 1 aliphatic rings. The lowest BCUT2D eigenvalue weighted by atomic mass is 10.0. The third kappa shape index (κ3) is 2.09. The van der Waals surface area contributed by atoms with Crippen LogP contribution in [0.15, 0.2) is 17.2 Å². The third-order valence-corrected chi connectivity index (χ3v) is 3.44. The van der Waals surface area contributed by atoms with Gasteiger partial charge < -0.3 is 15.6 Å². The van der Waals surface area contributed by atoms with Gasteiger partial charge in [0.2, 0.25) is 0 Å². The van der Waals surface area contributed by atoms with Crippen LogP contribution in [0, 0.1) is 5.92 Å². The Labute approximate surface area is 94.7 Å². The Bertz CT molecular complexity index is 403. The van der Waals surface area contributed by atoms with Crippen LogP contribution in [0.25, 0.3) is 0 Å². The molecule has 16 heavy (non-hydrogen) atoms. The summed E-state index contributed by atoms with van der Waals surface area (Å²) in [6.07, 6.45) is 4.96. The maximum Gasteiger partial charge on any atom is 0.252 e. The van der Waals surface area contributed by atoms with Crippen molar-refractivity contribution in [2.24, 2.45) is 11.7 Å². The van der Waals surface area contributed by atoms with Gasteiger partial charge in [-0.25, -0.2) is 4.98 Å². The average molecular weight is 222 g/mol. The van der Waals surface area contributed by atoms with Gasteiger partial charge in [0.25, 0.3) is 5.56 Å². The summed E-state index contributed by atoms with van der Waals surface area (Å²) in [5.74, 6) is 1.25. The van der Waals surface area contributed by atoms with E-state index in [1.807, 2.05) is 7.05 Å². The molecule has 0 aromatic carbocycles. The second-order valence-corrected chi connectivity index (χ2v) is 4.37. The molecule has 1 fully saturated rings. The second kappa shape index (κ2) is 4.65. The Morgan fingerprint density at radius 3 is 3.12 bits per heavy atom. The summed E-state index contributed by atoms with van der Waals surface area (Å²) in [7, 11) is 1.99. The molecule has 0 amide bonds. The molecule has 0 spiro atoms. The van der Waals surface area contributed by atoms with Crippen LogP contribution < -0.4 is 16.2 Å². The molecule has 2 atom stereocenters. The van der Waals surface area contributed by atoms with Gasteiger partial charge in [-0.2, -0.15) is 0 Å². The minimum absolute atomic E-state index is 0.112. The van der Waals surface area contributed by atoms with Gasteiger partial charge in [0.1, 0.15) is 5.82 Å². The van der Waals surface area contributed by atoms with Gasteiger partial charge in [-0.05, 0) is 25.3 Å². The minimum Gasteiger partial charge on any atom is -0.356 e. The van der Waals surface area contributed by atoms with E-state index < -0.39 is 0 Å². The Hall–Kier alpha value is -1.36. The smallest absolute Gasteiger partial charge is 0.252 e. The number of aromatic nitrogens is 2. The van der Waals surface area contributed by atoms with Gasteiger partial charge in [-0.3, -0.25) is 4.79 Å². The molecule has 3 N–H and O–H groups in total. The van der Waals surface area contributed by atoms with Crippen LogP contribution in [-0.2, 0) is 0 Å². The van der Waals surface area contributed by atoms with E-state index >= 15 is 0 Å². The van der Waals surface area contributed by atoms with E-state index in [-0.39, 0.29) is 5.56 Å². The molecule has 0 aliphatic heterocycles. The molecule has 2 rings (SSSR count). The van der Waals surface area contributed by atoms with E-state index in [2.05, 4.69) is 14.9 Å². The lowest BCUT2D eigenvalue weighted by Crippen LogP contribution is -2.38. The van der Waals surface area contributed by atoms with Crippen LogP contribution in [0.1, 0.15) is 19.3 Å². The van der Waals surface area contributed by atoms with Gasteiger partial charge in [-0.15, -0.1) is 0 Å². The molecule has 5 heteroatoms. The fourth-order valence-corrected chi connectivity index (χ4v) is 2.52.